The van der Waals surface area contributed by atoms with E-state index in [4.69, 9.17) is 0 Å². The van der Waals surface area contributed by atoms with E-state index in [9.17, 15) is 4.79 Å². The van der Waals surface area contributed by atoms with Gasteiger partial charge in [-0.1, -0.05) is 31.6 Å². The Morgan fingerprint density at radius 3 is 2.95 bits per heavy atom. The van der Waals surface area contributed by atoms with Crippen LogP contribution in [0.25, 0.3) is 5.00 Å². The highest BCUT2D eigenvalue weighted by Crippen LogP contribution is 2.27. The van der Waals surface area contributed by atoms with Gasteiger partial charge in [0, 0.05) is 6.42 Å². The molecular weight excluding hydrogens is 262 g/mol. The number of hydrogen-bond acceptors (Lipinski definition) is 5. The van der Waals surface area contributed by atoms with Gasteiger partial charge in [-0.25, -0.2) is 14.6 Å². The van der Waals surface area contributed by atoms with Crippen LogP contribution in [0, 0.1) is 0 Å². The van der Waals surface area contributed by atoms with Crippen LogP contribution in [-0.2, 0) is 11.2 Å². The van der Waals surface area contributed by atoms with Crippen LogP contribution in [0.2, 0.25) is 0 Å². The molecule has 0 aliphatic carbocycles. The van der Waals surface area contributed by atoms with Crippen molar-refractivity contribution in [1.82, 2.24) is 19.7 Å². The van der Waals surface area contributed by atoms with Gasteiger partial charge < -0.3 is 5.32 Å². The molecule has 0 unspecified atom stereocenters. The third kappa shape index (κ3) is 3.37. The Hall–Kier alpha value is -1.76. The molecule has 1 amide bonds. The predicted octanol–water partition coefficient (Wildman–Crippen LogP) is 2.41. The standard InChI is InChI=1S/C12H17N5OS/c1-3-5-6-9-11(17-8-13-7-14-17)19-12(15-9)16-10(18)4-2/h7-8H,3-6H2,1-2H3,(H,15,16,18). The van der Waals surface area contributed by atoms with Crippen LogP contribution >= 0.6 is 11.3 Å². The predicted molar refractivity (Wildman–Crippen MR) is 74.6 cm³/mol. The van der Waals surface area contributed by atoms with Crippen LogP contribution in [0.15, 0.2) is 12.7 Å². The number of rotatable bonds is 6. The molecule has 2 heterocycles. The maximum atomic E-state index is 11.4. The highest BCUT2D eigenvalue weighted by molar-refractivity contribution is 7.18. The van der Waals surface area contributed by atoms with E-state index in [1.54, 1.807) is 11.0 Å². The summed E-state index contributed by atoms with van der Waals surface area (Å²) in [5.41, 5.74) is 0.962. The van der Waals surface area contributed by atoms with Crippen molar-refractivity contribution in [2.24, 2.45) is 0 Å². The molecule has 0 radical (unpaired) electrons. The highest BCUT2D eigenvalue weighted by atomic mass is 32.1. The molecule has 0 atom stereocenters. The van der Waals surface area contributed by atoms with Crippen LogP contribution in [-0.4, -0.2) is 25.7 Å². The fourth-order valence-electron chi connectivity index (χ4n) is 1.60. The van der Waals surface area contributed by atoms with Crippen molar-refractivity contribution in [3.63, 3.8) is 0 Å². The van der Waals surface area contributed by atoms with Crippen molar-refractivity contribution in [2.45, 2.75) is 39.5 Å². The van der Waals surface area contributed by atoms with Gasteiger partial charge in [0.25, 0.3) is 0 Å². The molecule has 19 heavy (non-hydrogen) atoms. The van der Waals surface area contributed by atoms with Gasteiger partial charge in [0.05, 0.1) is 5.69 Å². The first-order valence-corrected chi connectivity index (χ1v) is 7.20. The van der Waals surface area contributed by atoms with Gasteiger partial charge in [-0.2, -0.15) is 5.10 Å². The lowest BCUT2D eigenvalue weighted by Crippen LogP contribution is -2.09. The van der Waals surface area contributed by atoms with E-state index in [1.807, 2.05) is 6.92 Å². The molecule has 0 saturated heterocycles. The highest BCUT2D eigenvalue weighted by Gasteiger charge is 2.14. The monoisotopic (exact) mass is 279 g/mol. The third-order valence-corrected chi connectivity index (χ3v) is 3.64. The molecule has 2 aromatic rings. The molecule has 0 spiro atoms. The Morgan fingerprint density at radius 2 is 2.32 bits per heavy atom. The van der Waals surface area contributed by atoms with Gasteiger partial charge in [-0.3, -0.25) is 4.79 Å². The molecule has 6 nitrogen and oxygen atoms in total. The molecule has 0 aromatic carbocycles. The fraction of sp³-hybridized carbons (Fsp3) is 0.500. The van der Waals surface area contributed by atoms with Gasteiger partial charge in [0.15, 0.2) is 5.13 Å². The van der Waals surface area contributed by atoms with Crippen LogP contribution in [0.3, 0.4) is 0 Å². The number of nitrogens with zero attached hydrogens (tertiary/aromatic N) is 4. The second-order valence-electron chi connectivity index (χ2n) is 4.12. The summed E-state index contributed by atoms with van der Waals surface area (Å²) in [6, 6.07) is 0. The van der Waals surface area contributed by atoms with E-state index in [2.05, 4.69) is 27.3 Å². The fourth-order valence-corrected chi connectivity index (χ4v) is 2.56. The molecule has 1 N–H and O–H groups in total. The Kier molecular flexibility index (Phi) is 4.62. The number of thiazole rings is 1. The summed E-state index contributed by atoms with van der Waals surface area (Å²) in [5, 5.41) is 8.49. The minimum atomic E-state index is -0.0269. The normalized spacial score (nSPS) is 10.6. The molecule has 102 valence electrons. The molecule has 7 heteroatoms. The summed E-state index contributed by atoms with van der Waals surface area (Å²) in [6.07, 6.45) is 6.63. The number of carbonyl (C=O) groups excluding carboxylic acids is 1. The Labute approximate surface area is 115 Å². The number of carbonyl (C=O) groups is 1. The van der Waals surface area contributed by atoms with Crippen LogP contribution < -0.4 is 5.32 Å². The van der Waals surface area contributed by atoms with Gasteiger partial charge >= 0.3 is 0 Å². The number of anilines is 1. The van der Waals surface area contributed by atoms with Crippen molar-refractivity contribution < 1.29 is 4.79 Å². The van der Waals surface area contributed by atoms with Crippen LogP contribution in [0.5, 0.6) is 0 Å². The number of aromatic nitrogens is 4. The minimum absolute atomic E-state index is 0.0269. The van der Waals surface area contributed by atoms with Crippen molar-refractivity contribution in [3.8, 4) is 5.00 Å². The van der Waals surface area contributed by atoms with Crippen molar-refractivity contribution in [2.75, 3.05) is 5.32 Å². The lowest BCUT2D eigenvalue weighted by Gasteiger charge is -1.99. The summed E-state index contributed by atoms with van der Waals surface area (Å²) >= 11 is 1.43. The molecule has 0 aliphatic rings. The smallest absolute Gasteiger partial charge is 0.225 e. The lowest BCUT2D eigenvalue weighted by molar-refractivity contribution is -0.115. The van der Waals surface area contributed by atoms with Crippen LogP contribution in [0.1, 0.15) is 38.8 Å². The first kappa shape index (κ1) is 13.7. The number of unbranched alkanes of at least 4 members (excludes halogenated alkanes) is 1. The largest absolute Gasteiger partial charge is 0.302 e. The van der Waals surface area contributed by atoms with E-state index in [0.29, 0.717) is 11.6 Å². The minimum Gasteiger partial charge on any atom is -0.302 e. The van der Waals surface area contributed by atoms with Gasteiger partial charge in [-0.05, 0) is 12.8 Å². The van der Waals surface area contributed by atoms with Gasteiger partial charge in [0.2, 0.25) is 5.91 Å². The molecule has 0 aliphatic heterocycles. The van der Waals surface area contributed by atoms with Crippen LogP contribution in [0.4, 0.5) is 5.13 Å². The maximum Gasteiger partial charge on any atom is 0.225 e. The number of nitrogens with one attached hydrogen (secondary N) is 1. The quantitative estimate of drug-likeness (QED) is 0.881. The molecular formula is C12H17N5OS. The van der Waals surface area contributed by atoms with Crippen molar-refractivity contribution >= 4 is 22.4 Å². The van der Waals surface area contributed by atoms with Gasteiger partial charge in [0.1, 0.15) is 17.7 Å². The molecule has 0 saturated carbocycles. The summed E-state index contributed by atoms with van der Waals surface area (Å²) in [4.78, 5) is 19.9. The number of amides is 1. The molecule has 2 rings (SSSR count). The second kappa shape index (κ2) is 6.42. The molecule has 2 aromatic heterocycles. The van der Waals surface area contributed by atoms with E-state index >= 15 is 0 Å². The molecule has 0 bridgehead atoms. The first-order chi connectivity index (χ1) is 9.24. The SMILES string of the molecule is CCCCc1nc(NC(=O)CC)sc1-n1cncn1. The van der Waals surface area contributed by atoms with E-state index < -0.39 is 0 Å². The summed E-state index contributed by atoms with van der Waals surface area (Å²) in [6.45, 7) is 3.96. The average molecular weight is 279 g/mol. The lowest BCUT2D eigenvalue weighted by atomic mass is 10.2. The zero-order valence-electron chi connectivity index (χ0n) is 11.1. The summed E-state index contributed by atoms with van der Waals surface area (Å²) in [5.74, 6) is -0.0269. The summed E-state index contributed by atoms with van der Waals surface area (Å²) in [7, 11) is 0. The number of hydrogen-bond donors (Lipinski definition) is 1. The third-order valence-electron chi connectivity index (χ3n) is 2.64. The van der Waals surface area contributed by atoms with E-state index in [1.165, 1.54) is 17.7 Å². The first-order valence-electron chi connectivity index (χ1n) is 6.39. The topological polar surface area (TPSA) is 72.7 Å². The maximum absolute atomic E-state index is 11.4. The second-order valence-corrected chi connectivity index (χ2v) is 5.09. The number of aryl methyl sites for hydroxylation is 1. The van der Waals surface area contributed by atoms with Crippen molar-refractivity contribution in [3.05, 3.63) is 18.3 Å². The summed E-state index contributed by atoms with van der Waals surface area (Å²) < 4.78 is 1.70. The average Bonchev–Trinajstić information content (AvgIpc) is 3.04. The van der Waals surface area contributed by atoms with E-state index in [0.717, 1.165) is 30.0 Å². The zero-order valence-corrected chi connectivity index (χ0v) is 11.9. The Morgan fingerprint density at radius 1 is 1.47 bits per heavy atom. The van der Waals surface area contributed by atoms with Crippen molar-refractivity contribution in [1.29, 1.82) is 0 Å². The van der Waals surface area contributed by atoms with Gasteiger partial charge in [-0.15, -0.1) is 0 Å². The van der Waals surface area contributed by atoms with E-state index in [-0.39, 0.29) is 5.91 Å². The molecule has 0 fully saturated rings. The Balaban J connectivity index is 2.26. The zero-order chi connectivity index (χ0) is 13.7. The Bertz CT molecular complexity index is 534.